The average molecular weight is 311 g/mol. The van der Waals surface area contributed by atoms with Gasteiger partial charge in [0.25, 0.3) is 0 Å². The van der Waals surface area contributed by atoms with Crippen LogP contribution in [0.2, 0.25) is 0 Å². The Morgan fingerprint density at radius 3 is 2.55 bits per heavy atom. The topological polar surface area (TPSA) is 69.2 Å². The molecule has 0 saturated carbocycles. The molecule has 0 radical (unpaired) electrons. The molecule has 1 amide bonds. The molecule has 0 bridgehead atoms. The third-order valence-corrected chi connectivity index (χ3v) is 3.18. The maximum Gasteiger partial charge on any atom is 1.00 e. The first-order valence-corrected chi connectivity index (χ1v) is 6.38. The number of amides is 1. The third kappa shape index (κ3) is 4.97. The van der Waals surface area contributed by atoms with Gasteiger partial charge in [-0.15, -0.1) is 11.3 Å². The smallest absolute Gasteiger partial charge is 0.545 e. The van der Waals surface area contributed by atoms with Gasteiger partial charge in [0.05, 0.1) is 11.7 Å². The van der Waals surface area contributed by atoms with Crippen LogP contribution in [0.1, 0.15) is 15.2 Å². The van der Waals surface area contributed by atoms with Crippen molar-refractivity contribution >= 4 is 35.0 Å². The minimum Gasteiger partial charge on any atom is -0.545 e. The maximum absolute atomic E-state index is 11.7. The van der Waals surface area contributed by atoms with Crippen LogP contribution in [0.25, 0.3) is 6.08 Å². The number of benzene rings is 1. The molecule has 1 aromatic heterocycles. The molecule has 20 heavy (non-hydrogen) atoms. The molecule has 4 nitrogen and oxygen atoms in total. The number of thiophene rings is 1. The zero-order chi connectivity index (χ0) is 13.7. The van der Waals surface area contributed by atoms with E-state index in [-0.39, 0.29) is 68.5 Å². The van der Waals surface area contributed by atoms with E-state index in [9.17, 15) is 14.7 Å². The largest absolute Gasteiger partial charge is 1.00 e. The molecule has 0 aliphatic rings. The first-order chi connectivity index (χ1) is 9.16. The summed E-state index contributed by atoms with van der Waals surface area (Å²) in [6, 6.07) is 9.88. The molecular formula is C14H10KNO3S. The Hall–Kier alpha value is -0.764. The van der Waals surface area contributed by atoms with E-state index in [4.69, 9.17) is 0 Å². The van der Waals surface area contributed by atoms with Gasteiger partial charge in [-0.2, -0.15) is 0 Å². The van der Waals surface area contributed by atoms with Crippen molar-refractivity contribution in [3.05, 3.63) is 58.3 Å². The van der Waals surface area contributed by atoms with E-state index in [1.54, 1.807) is 18.2 Å². The Balaban J connectivity index is 0.00000200. The molecule has 1 heterocycles. The van der Waals surface area contributed by atoms with Gasteiger partial charge in [0.15, 0.2) is 0 Å². The van der Waals surface area contributed by atoms with Crippen LogP contribution in [0.4, 0.5) is 5.69 Å². The van der Waals surface area contributed by atoms with Crippen molar-refractivity contribution in [2.45, 2.75) is 0 Å². The van der Waals surface area contributed by atoms with Crippen LogP contribution >= 0.6 is 11.3 Å². The van der Waals surface area contributed by atoms with Gasteiger partial charge in [-0.25, -0.2) is 0 Å². The second kappa shape index (κ2) is 8.51. The summed E-state index contributed by atoms with van der Waals surface area (Å²) in [5.41, 5.74) is 0.184. The number of hydrogen-bond donors (Lipinski definition) is 1. The van der Waals surface area contributed by atoms with Crippen LogP contribution in [0, 0.1) is 0 Å². The van der Waals surface area contributed by atoms with E-state index in [0.717, 1.165) is 4.88 Å². The van der Waals surface area contributed by atoms with Gasteiger partial charge in [0, 0.05) is 16.5 Å². The molecule has 96 valence electrons. The molecule has 1 N–H and O–H groups in total. The van der Waals surface area contributed by atoms with Crippen LogP contribution < -0.4 is 61.8 Å². The van der Waals surface area contributed by atoms with Crippen molar-refractivity contribution in [1.82, 2.24) is 0 Å². The van der Waals surface area contributed by atoms with Gasteiger partial charge >= 0.3 is 51.4 Å². The SMILES string of the molecule is O=C(C=Cc1cccs1)Nc1ccccc1C(=O)[O-].[K+]. The molecule has 0 aliphatic heterocycles. The number of rotatable bonds is 4. The summed E-state index contributed by atoms with van der Waals surface area (Å²) < 4.78 is 0. The number of para-hydroxylation sites is 1. The van der Waals surface area contributed by atoms with Crippen molar-refractivity contribution in [2.24, 2.45) is 0 Å². The van der Waals surface area contributed by atoms with Gasteiger partial charge in [0.2, 0.25) is 5.91 Å². The van der Waals surface area contributed by atoms with E-state index >= 15 is 0 Å². The molecule has 6 heteroatoms. The second-order valence-corrected chi connectivity index (χ2v) is 4.65. The zero-order valence-corrected chi connectivity index (χ0v) is 14.8. The first-order valence-electron chi connectivity index (χ1n) is 5.50. The molecule has 0 unspecified atom stereocenters. The van der Waals surface area contributed by atoms with E-state index in [1.807, 2.05) is 17.5 Å². The van der Waals surface area contributed by atoms with Crippen molar-refractivity contribution in [2.75, 3.05) is 5.32 Å². The van der Waals surface area contributed by atoms with Gasteiger partial charge in [-0.3, -0.25) is 4.79 Å². The molecular weight excluding hydrogens is 301 g/mol. The minimum absolute atomic E-state index is 0. The monoisotopic (exact) mass is 311 g/mol. The van der Waals surface area contributed by atoms with Gasteiger partial charge in [0.1, 0.15) is 0 Å². The number of nitrogens with one attached hydrogen (secondary N) is 1. The van der Waals surface area contributed by atoms with Crippen LogP contribution in [0.15, 0.2) is 47.9 Å². The Labute approximate surface area is 162 Å². The summed E-state index contributed by atoms with van der Waals surface area (Å²) in [5.74, 6) is -1.71. The fourth-order valence-electron chi connectivity index (χ4n) is 1.49. The zero-order valence-electron chi connectivity index (χ0n) is 10.8. The Morgan fingerprint density at radius 1 is 1.15 bits per heavy atom. The van der Waals surface area contributed by atoms with Gasteiger partial charge in [-0.1, -0.05) is 24.3 Å². The third-order valence-electron chi connectivity index (χ3n) is 2.35. The molecule has 0 aliphatic carbocycles. The summed E-state index contributed by atoms with van der Waals surface area (Å²) in [6.45, 7) is 0. The van der Waals surface area contributed by atoms with E-state index in [0.29, 0.717) is 0 Å². The number of aromatic carboxylic acids is 1. The predicted octanol–water partition coefficient (Wildman–Crippen LogP) is -1.23. The Kier molecular flexibility index (Phi) is 7.35. The molecule has 2 rings (SSSR count). The van der Waals surface area contributed by atoms with Gasteiger partial charge < -0.3 is 15.2 Å². The number of carboxylic acids is 1. The van der Waals surface area contributed by atoms with Crippen molar-refractivity contribution in [3.63, 3.8) is 0 Å². The molecule has 0 saturated heterocycles. The fraction of sp³-hybridized carbons (Fsp3) is 0. The summed E-state index contributed by atoms with van der Waals surface area (Å²) >= 11 is 1.51. The number of anilines is 1. The Morgan fingerprint density at radius 2 is 1.90 bits per heavy atom. The standard InChI is InChI=1S/C14H11NO3S.K/c16-13(8-7-10-4-3-9-19-10)15-12-6-2-1-5-11(12)14(17)18;/h1-9H,(H,15,16)(H,17,18);/q;+1/p-1. The van der Waals surface area contributed by atoms with Crippen molar-refractivity contribution < 1.29 is 66.1 Å². The quantitative estimate of drug-likeness (QED) is 0.568. The number of carbonyl (C=O) groups excluding carboxylic acids is 2. The maximum atomic E-state index is 11.7. The molecule has 0 fully saturated rings. The van der Waals surface area contributed by atoms with Crippen LogP contribution in [0.3, 0.4) is 0 Å². The van der Waals surface area contributed by atoms with E-state index < -0.39 is 5.97 Å². The normalized spacial score (nSPS) is 10.0. The summed E-state index contributed by atoms with van der Waals surface area (Å²) in [7, 11) is 0. The molecule has 1 aromatic carbocycles. The van der Waals surface area contributed by atoms with Gasteiger partial charge in [-0.05, 0) is 23.6 Å². The van der Waals surface area contributed by atoms with Crippen LogP contribution in [-0.4, -0.2) is 11.9 Å². The number of carboxylic acid groups (broad SMARTS) is 1. The van der Waals surface area contributed by atoms with Crippen molar-refractivity contribution in [1.29, 1.82) is 0 Å². The molecule has 0 spiro atoms. The summed E-state index contributed by atoms with van der Waals surface area (Å²) in [5, 5.41) is 15.3. The second-order valence-electron chi connectivity index (χ2n) is 3.67. The Bertz CT molecular complexity index is 623. The fourth-order valence-corrected chi connectivity index (χ4v) is 2.11. The number of carbonyl (C=O) groups is 2. The van der Waals surface area contributed by atoms with E-state index in [2.05, 4.69) is 5.32 Å². The predicted molar refractivity (Wildman–Crippen MR) is 72.8 cm³/mol. The molecule has 0 atom stereocenters. The van der Waals surface area contributed by atoms with Crippen LogP contribution in [0.5, 0.6) is 0 Å². The van der Waals surface area contributed by atoms with Crippen LogP contribution in [-0.2, 0) is 4.79 Å². The van der Waals surface area contributed by atoms with Crippen molar-refractivity contribution in [3.8, 4) is 0 Å². The first kappa shape index (κ1) is 17.3. The average Bonchev–Trinajstić information content (AvgIpc) is 2.90. The summed E-state index contributed by atoms with van der Waals surface area (Å²) in [6.07, 6.45) is 3.03. The summed E-state index contributed by atoms with van der Waals surface area (Å²) in [4.78, 5) is 23.5. The van der Waals surface area contributed by atoms with E-state index in [1.165, 1.54) is 29.5 Å². The molecule has 2 aromatic rings. The number of hydrogen-bond acceptors (Lipinski definition) is 4. The minimum atomic E-state index is -1.32.